The summed E-state index contributed by atoms with van der Waals surface area (Å²) in [7, 11) is 0. The molecule has 3 rings (SSSR count). The molecule has 1 fully saturated rings. The summed E-state index contributed by atoms with van der Waals surface area (Å²) in [6, 6.07) is 3.66. The molecule has 0 saturated heterocycles. The number of alkyl halides is 3. The lowest BCUT2D eigenvalue weighted by Crippen LogP contribution is -2.42. The molecule has 1 heterocycles. The molecule has 4 nitrogen and oxygen atoms in total. The Morgan fingerprint density at radius 3 is 2.71 bits per heavy atom. The van der Waals surface area contributed by atoms with Crippen molar-refractivity contribution in [1.29, 1.82) is 0 Å². The Morgan fingerprint density at radius 1 is 1.24 bits per heavy atom. The van der Waals surface area contributed by atoms with Crippen LogP contribution in [0.3, 0.4) is 0 Å². The van der Waals surface area contributed by atoms with Gasteiger partial charge in [0, 0.05) is 12.1 Å². The number of imidazole rings is 1. The van der Waals surface area contributed by atoms with E-state index in [9.17, 15) is 13.2 Å². The average Bonchev–Trinajstić information content (AvgIpc) is 2.81. The molecule has 0 bridgehead atoms. The minimum absolute atomic E-state index is 0.0534. The third-order valence-electron chi connectivity index (χ3n) is 3.95. The highest BCUT2D eigenvalue weighted by Crippen LogP contribution is 2.31. The van der Waals surface area contributed by atoms with E-state index >= 15 is 0 Å². The fourth-order valence-electron chi connectivity index (χ4n) is 2.77. The van der Waals surface area contributed by atoms with Crippen molar-refractivity contribution in [1.82, 2.24) is 9.97 Å². The van der Waals surface area contributed by atoms with Crippen LogP contribution < -0.4 is 11.1 Å². The summed E-state index contributed by atoms with van der Waals surface area (Å²) in [6.45, 7) is 0. The van der Waals surface area contributed by atoms with Gasteiger partial charge in [-0.3, -0.25) is 0 Å². The van der Waals surface area contributed by atoms with Gasteiger partial charge in [-0.1, -0.05) is 12.8 Å². The van der Waals surface area contributed by atoms with Crippen molar-refractivity contribution in [2.75, 3.05) is 5.32 Å². The van der Waals surface area contributed by atoms with Crippen LogP contribution in [0.25, 0.3) is 11.0 Å². The van der Waals surface area contributed by atoms with Crippen LogP contribution in [-0.2, 0) is 6.18 Å². The van der Waals surface area contributed by atoms with Gasteiger partial charge in [0.05, 0.1) is 16.6 Å². The SMILES string of the molecule is N[C@@H]1CCCC[C@H]1Nc1nc2ccc(C(F)(F)F)cc2[nH]1. The highest BCUT2D eigenvalue weighted by molar-refractivity contribution is 5.78. The fraction of sp³-hybridized carbons (Fsp3) is 0.500. The first-order chi connectivity index (χ1) is 9.93. The largest absolute Gasteiger partial charge is 0.416 e. The first-order valence-electron chi connectivity index (χ1n) is 7.02. The number of nitrogens with one attached hydrogen (secondary N) is 2. The number of hydrogen-bond donors (Lipinski definition) is 3. The van der Waals surface area contributed by atoms with E-state index in [4.69, 9.17) is 5.73 Å². The van der Waals surface area contributed by atoms with E-state index in [-0.39, 0.29) is 12.1 Å². The molecular weight excluding hydrogens is 281 g/mol. The standard InChI is InChI=1S/C14H17F3N4/c15-14(16,17)8-5-6-11-12(7-8)21-13(20-11)19-10-4-2-1-3-9(10)18/h5-7,9-10H,1-4,18H2,(H2,19,20,21)/t9-,10-/m1/s1. The number of aromatic amines is 1. The summed E-state index contributed by atoms with van der Waals surface area (Å²) in [4.78, 5) is 7.17. The quantitative estimate of drug-likeness (QED) is 0.797. The lowest BCUT2D eigenvalue weighted by Gasteiger charge is -2.29. The first-order valence-corrected chi connectivity index (χ1v) is 7.02. The van der Waals surface area contributed by atoms with Crippen LogP contribution >= 0.6 is 0 Å². The zero-order valence-corrected chi connectivity index (χ0v) is 11.4. The van der Waals surface area contributed by atoms with Crippen LogP contribution in [0.5, 0.6) is 0 Å². The number of H-pyrrole nitrogens is 1. The van der Waals surface area contributed by atoms with Gasteiger partial charge in [0.15, 0.2) is 0 Å². The number of aromatic nitrogens is 2. The molecule has 1 aromatic carbocycles. The number of nitrogens with zero attached hydrogens (tertiary/aromatic N) is 1. The van der Waals surface area contributed by atoms with Crippen LogP contribution in [0.1, 0.15) is 31.2 Å². The third-order valence-corrected chi connectivity index (χ3v) is 3.95. The number of anilines is 1. The maximum atomic E-state index is 12.7. The predicted molar refractivity (Wildman–Crippen MR) is 74.9 cm³/mol. The van der Waals surface area contributed by atoms with Gasteiger partial charge in [-0.25, -0.2) is 4.98 Å². The second kappa shape index (κ2) is 5.22. The second-order valence-corrected chi connectivity index (χ2v) is 5.51. The lowest BCUT2D eigenvalue weighted by atomic mass is 9.91. The van der Waals surface area contributed by atoms with E-state index in [1.807, 2.05) is 0 Å². The van der Waals surface area contributed by atoms with Gasteiger partial charge >= 0.3 is 6.18 Å². The van der Waals surface area contributed by atoms with Crippen molar-refractivity contribution in [2.24, 2.45) is 5.73 Å². The maximum Gasteiger partial charge on any atom is 0.416 e. The van der Waals surface area contributed by atoms with Crippen molar-refractivity contribution < 1.29 is 13.2 Å². The average molecular weight is 298 g/mol. The monoisotopic (exact) mass is 298 g/mol. The molecule has 1 saturated carbocycles. The van der Waals surface area contributed by atoms with Crippen molar-refractivity contribution >= 4 is 17.0 Å². The van der Waals surface area contributed by atoms with E-state index in [0.29, 0.717) is 17.0 Å². The van der Waals surface area contributed by atoms with Crippen LogP contribution in [0.4, 0.5) is 19.1 Å². The van der Waals surface area contributed by atoms with Crippen LogP contribution in [0.15, 0.2) is 18.2 Å². The molecular formula is C14H17F3N4. The van der Waals surface area contributed by atoms with E-state index in [1.165, 1.54) is 6.07 Å². The predicted octanol–water partition coefficient (Wildman–Crippen LogP) is 3.26. The van der Waals surface area contributed by atoms with E-state index < -0.39 is 11.7 Å². The van der Waals surface area contributed by atoms with Crippen LogP contribution in [0.2, 0.25) is 0 Å². The number of halogens is 3. The second-order valence-electron chi connectivity index (χ2n) is 5.51. The summed E-state index contributed by atoms with van der Waals surface area (Å²) in [5, 5.41) is 3.21. The Labute approximate surface area is 119 Å². The van der Waals surface area contributed by atoms with Crippen molar-refractivity contribution in [3.63, 3.8) is 0 Å². The molecule has 2 aromatic rings. The highest BCUT2D eigenvalue weighted by Gasteiger charge is 2.31. The summed E-state index contributed by atoms with van der Waals surface area (Å²) in [5.74, 6) is 0.478. The summed E-state index contributed by atoms with van der Waals surface area (Å²) in [6.07, 6.45) is -0.223. The van der Waals surface area contributed by atoms with Gasteiger partial charge in [-0.05, 0) is 31.0 Å². The lowest BCUT2D eigenvalue weighted by molar-refractivity contribution is -0.137. The van der Waals surface area contributed by atoms with Gasteiger partial charge in [0.2, 0.25) is 5.95 Å². The molecule has 21 heavy (non-hydrogen) atoms. The maximum absolute atomic E-state index is 12.7. The molecule has 0 unspecified atom stereocenters. The van der Waals surface area contributed by atoms with E-state index in [0.717, 1.165) is 37.8 Å². The molecule has 0 amide bonds. The Hall–Kier alpha value is -1.76. The van der Waals surface area contributed by atoms with Gasteiger partial charge in [0.25, 0.3) is 0 Å². The molecule has 0 radical (unpaired) electrons. The fourth-order valence-corrected chi connectivity index (χ4v) is 2.77. The summed E-state index contributed by atoms with van der Waals surface area (Å²) >= 11 is 0. The van der Waals surface area contributed by atoms with Gasteiger partial charge in [-0.15, -0.1) is 0 Å². The Morgan fingerprint density at radius 2 is 2.00 bits per heavy atom. The summed E-state index contributed by atoms with van der Waals surface area (Å²) < 4.78 is 38.0. The molecule has 7 heteroatoms. The van der Waals surface area contributed by atoms with Gasteiger partial charge < -0.3 is 16.0 Å². The number of benzene rings is 1. The Kier molecular flexibility index (Phi) is 3.52. The molecule has 2 atom stereocenters. The van der Waals surface area contributed by atoms with Crippen molar-refractivity contribution in [3.05, 3.63) is 23.8 Å². The third kappa shape index (κ3) is 2.97. The normalized spacial score (nSPS) is 23.4. The number of rotatable bonds is 2. The van der Waals surface area contributed by atoms with Gasteiger partial charge in [0.1, 0.15) is 0 Å². The molecule has 114 valence electrons. The van der Waals surface area contributed by atoms with Crippen molar-refractivity contribution in [2.45, 2.75) is 43.9 Å². The van der Waals surface area contributed by atoms with Gasteiger partial charge in [-0.2, -0.15) is 13.2 Å². The smallest absolute Gasteiger partial charge is 0.352 e. The number of hydrogen-bond acceptors (Lipinski definition) is 3. The first kappa shape index (κ1) is 14.2. The minimum Gasteiger partial charge on any atom is -0.352 e. The summed E-state index contributed by atoms with van der Waals surface area (Å²) in [5.41, 5.74) is 6.25. The zero-order chi connectivity index (χ0) is 15.0. The minimum atomic E-state index is -4.35. The highest BCUT2D eigenvalue weighted by atomic mass is 19.4. The Balaban J connectivity index is 1.84. The molecule has 1 aromatic heterocycles. The van der Waals surface area contributed by atoms with Crippen molar-refractivity contribution in [3.8, 4) is 0 Å². The number of fused-ring (bicyclic) bond motifs is 1. The topological polar surface area (TPSA) is 66.7 Å². The van der Waals surface area contributed by atoms with E-state index in [2.05, 4.69) is 15.3 Å². The molecule has 0 spiro atoms. The van der Waals surface area contributed by atoms with E-state index in [1.54, 1.807) is 0 Å². The van der Waals surface area contributed by atoms with Crippen LogP contribution in [-0.4, -0.2) is 22.1 Å². The molecule has 1 aliphatic rings. The Bertz CT molecular complexity index is 635. The molecule has 4 N–H and O–H groups in total. The molecule has 0 aliphatic heterocycles. The zero-order valence-electron chi connectivity index (χ0n) is 11.4. The molecule has 1 aliphatic carbocycles. The number of nitrogens with two attached hydrogens (primary N) is 1. The van der Waals surface area contributed by atoms with Crippen LogP contribution in [0, 0.1) is 0 Å².